The molecule has 2 rings (SSSR count). The van der Waals surface area contributed by atoms with Crippen LogP contribution in [-0.2, 0) is 6.42 Å². The second-order valence-electron chi connectivity index (χ2n) is 6.62. The zero-order chi connectivity index (χ0) is 15.2. The van der Waals surface area contributed by atoms with Crippen LogP contribution in [0.15, 0.2) is 6.07 Å². The van der Waals surface area contributed by atoms with Gasteiger partial charge < -0.3 is 10.2 Å². The molecule has 1 aromatic rings. The highest BCUT2D eigenvalue weighted by atomic mass is 15.2. The van der Waals surface area contributed by atoms with Crippen molar-refractivity contribution >= 4 is 5.82 Å². The van der Waals surface area contributed by atoms with Crippen LogP contribution < -0.4 is 10.2 Å². The molecule has 2 heterocycles. The van der Waals surface area contributed by atoms with Crippen LogP contribution in [0.25, 0.3) is 0 Å². The maximum absolute atomic E-state index is 4.64. The number of rotatable bonds is 6. The summed E-state index contributed by atoms with van der Waals surface area (Å²) in [6.07, 6.45) is 3.56. The van der Waals surface area contributed by atoms with E-state index in [2.05, 4.69) is 47.0 Å². The largest absolute Gasteiger partial charge is 0.356 e. The highest BCUT2D eigenvalue weighted by Crippen LogP contribution is 2.22. The summed E-state index contributed by atoms with van der Waals surface area (Å²) in [4.78, 5) is 11.6. The van der Waals surface area contributed by atoms with E-state index in [0.29, 0.717) is 0 Å². The molecule has 1 aliphatic rings. The van der Waals surface area contributed by atoms with Crippen LogP contribution in [0.2, 0.25) is 0 Å². The smallest absolute Gasteiger partial charge is 0.132 e. The maximum atomic E-state index is 4.64. The third kappa shape index (κ3) is 4.95. The predicted molar refractivity (Wildman–Crippen MR) is 88.8 cm³/mol. The average molecular weight is 290 g/mol. The summed E-state index contributed by atoms with van der Waals surface area (Å²) in [7, 11) is 0. The van der Waals surface area contributed by atoms with Crippen LogP contribution in [-0.4, -0.2) is 36.1 Å². The lowest BCUT2D eigenvalue weighted by Gasteiger charge is -2.34. The first-order chi connectivity index (χ1) is 10.1. The van der Waals surface area contributed by atoms with E-state index in [-0.39, 0.29) is 0 Å². The summed E-state index contributed by atoms with van der Waals surface area (Å²) in [6.45, 7) is 13.1. The van der Waals surface area contributed by atoms with Gasteiger partial charge in [0, 0.05) is 24.8 Å². The molecule has 1 atom stereocenters. The molecule has 0 aliphatic carbocycles. The van der Waals surface area contributed by atoms with E-state index in [1.54, 1.807) is 0 Å². The van der Waals surface area contributed by atoms with Gasteiger partial charge in [0.25, 0.3) is 0 Å². The molecule has 1 aliphatic heterocycles. The van der Waals surface area contributed by atoms with Gasteiger partial charge in [-0.05, 0) is 51.1 Å². The lowest BCUT2D eigenvalue weighted by molar-refractivity contribution is 0.381. The van der Waals surface area contributed by atoms with Crippen LogP contribution in [0.5, 0.6) is 0 Å². The second kappa shape index (κ2) is 7.74. The maximum Gasteiger partial charge on any atom is 0.132 e. The molecule has 4 nitrogen and oxygen atoms in total. The average Bonchev–Trinajstić information content (AvgIpc) is 2.46. The fourth-order valence-corrected chi connectivity index (χ4v) is 2.97. The summed E-state index contributed by atoms with van der Waals surface area (Å²) in [5, 5.41) is 3.60. The Morgan fingerprint density at radius 2 is 2.19 bits per heavy atom. The van der Waals surface area contributed by atoms with Crippen LogP contribution in [0.3, 0.4) is 0 Å². The van der Waals surface area contributed by atoms with E-state index in [4.69, 9.17) is 0 Å². The molecular formula is C17H30N4. The van der Waals surface area contributed by atoms with Crippen molar-refractivity contribution in [2.45, 2.75) is 47.0 Å². The summed E-state index contributed by atoms with van der Waals surface area (Å²) in [5.41, 5.74) is 1.15. The van der Waals surface area contributed by atoms with E-state index >= 15 is 0 Å². The van der Waals surface area contributed by atoms with E-state index in [0.717, 1.165) is 61.8 Å². The molecule has 1 aromatic heterocycles. The zero-order valence-corrected chi connectivity index (χ0v) is 14.0. The van der Waals surface area contributed by atoms with Crippen molar-refractivity contribution in [3.63, 3.8) is 0 Å². The van der Waals surface area contributed by atoms with Gasteiger partial charge in [-0.25, -0.2) is 9.97 Å². The third-order valence-corrected chi connectivity index (χ3v) is 4.07. The summed E-state index contributed by atoms with van der Waals surface area (Å²) >= 11 is 0. The van der Waals surface area contributed by atoms with Gasteiger partial charge in [0.2, 0.25) is 0 Å². The van der Waals surface area contributed by atoms with Crippen molar-refractivity contribution in [1.29, 1.82) is 0 Å². The first-order valence-corrected chi connectivity index (χ1v) is 8.38. The molecule has 4 heteroatoms. The predicted octanol–water partition coefficient (Wildman–Crippen LogP) is 2.81. The number of piperidine rings is 1. The normalized spacial score (nSPS) is 19.3. The van der Waals surface area contributed by atoms with Gasteiger partial charge in [-0.3, -0.25) is 0 Å². The molecule has 0 amide bonds. The number of nitrogens with one attached hydrogen (secondary N) is 1. The molecule has 0 saturated carbocycles. The quantitative estimate of drug-likeness (QED) is 0.874. The molecule has 1 unspecified atom stereocenters. The van der Waals surface area contributed by atoms with Gasteiger partial charge in [0.15, 0.2) is 0 Å². The fraction of sp³-hybridized carbons (Fsp3) is 0.765. The molecule has 0 bridgehead atoms. The molecule has 1 fully saturated rings. The Hall–Kier alpha value is -1.16. The monoisotopic (exact) mass is 290 g/mol. The van der Waals surface area contributed by atoms with Crippen LogP contribution in [0.1, 0.15) is 45.1 Å². The highest BCUT2D eigenvalue weighted by molar-refractivity contribution is 5.40. The summed E-state index contributed by atoms with van der Waals surface area (Å²) in [6, 6.07) is 2.16. The first kappa shape index (κ1) is 16.2. The molecular weight excluding hydrogens is 260 g/mol. The van der Waals surface area contributed by atoms with Crippen molar-refractivity contribution < 1.29 is 0 Å². The molecule has 1 saturated heterocycles. The molecule has 21 heavy (non-hydrogen) atoms. The van der Waals surface area contributed by atoms with Crippen LogP contribution in [0, 0.1) is 18.8 Å². The summed E-state index contributed by atoms with van der Waals surface area (Å²) in [5.74, 6) is 3.47. The first-order valence-electron chi connectivity index (χ1n) is 8.38. The lowest BCUT2D eigenvalue weighted by atomic mass is 9.97. The molecule has 0 spiro atoms. The Morgan fingerprint density at radius 3 is 2.90 bits per heavy atom. The van der Waals surface area contributed by atoms with Crippen molar-refractivity contribution in [3.05, 3.63) is 17.6 Å². The van der Waals surface area contributed by atoms with Gasteiger partial charge in [-0.1, -0.05) is 20.8 Å². The number of hydrogen-bond donors (Lipinski definition) is 1. The molecule has 0 aromatic carbocycles. The zero-order valence-electron chi connectivity index (χ0n) is 14.0. The van der Waals surface area contributed by atoms with Gasteiger partial charge in [-0.2, -0.15) is 0 Å². The second-order valence-corrected chi connectivity index (χ2v) is 6.62. The lowest BCUT2D eigenvalue weighted by Crippen LogP contribution is -2.40. The molecule has 1 N–H and O–H groups in total. The van der Waals surface area contributed by atoms with Crippen molar-refractivity contribution in [2.24, 2.45) is 11.8 Å². The van der Waals surface area contributed by atoms with Gasteiger partial charge >= 0.3 is 0 Å². The Bertz CT molecular complexity index is 444. The van der Waals surface area contributed by atoms with Gasteiger partial charge in [0.1, 0.15) is 11.6 Å². The number of anilines is 1. The van der Waals surface area contributed by atoms with Crippen molar-refractivity contribution in [1.82, 2.24) is 15.3 Å². The Kier molecular flexibility index (Phi) is 5.97. The third-order valence-electron chi connectivity index (χ3n) is 4.07. The number of nitrogens with zero attached hydrogens (tertiary/aromatic N) is 3. The number of aromatic nitrogens is 2. The van der Waals surface area contributed by atoms with E-state index in [1.807, 2.05) is 6.92 Å². The van der Waals surface area contributed by atoms with Gasteiger partial charge in [-0.15, -0.1) is 0 Å². The van der Waals surface area contributed by atoms with Gasteiger partial charge in [0.05, 0.1) is 0 Å². The SMILES string of the molecule is CCc1cc(N2CCCC(CNCC(C)C)C2)nc(C)n1. The fourth-order valence-electron chi connectivity index (χ4n) is 2.97. The standard InChI is InChI=1S/C17H30N4/c1-5-16-9-17(20-14(4)19-16)21-8-6-7-15(12-21)11-18-10-13(2)3/h9,13,15,18H,5-8,10-12H2,1-4H3. The van der Waals surface area contributed by atoms with Crippen molar-refractivity contribution in [2.75, 3.05) is 31.1 Å². The number of aryl methyl sites for hydroxylation is 2. The summed E-state index contributed by atoms with van der Waals surface area (Å²) < 4.78 is 0. The van der Waals surface area contributed by atoms with E-state index < -0.39 is 0 Å². The van der Waals surface area contributed by atoms with E-state index in [9.17, 15) is 0 Å². The number of hydrogen-bond acceptors (Lipinski definition) is 4. The Balaban J connectivity index is 1.95. The molecule has 118 valence electrons. The molecule has 0 radical (unpaired) electrons. The van der Waals surface area contributed by atoms with E-state index in [1.165, 1.54) is 12.8 Å². The van der Waals surface area contributed by atoms with Crippen molar-refractivity contribution in [3.8, 4) is 0 Å². The van der Waals surface area contributed by atoms with Crippen LogP contribution in [0.4, 0.5) is 5.82 Å². The Morgan fingerprint density at radius 1 is 1.38 bits per heavy atom. The minimum atomic E-state index is 0.723. The Labute approximate surface area is 129 Å². The highest BCUT2D eigenvalue weighted by Gasteiger charge is 2.21. The minimum absolute atomic E-state index is 0.723. The minimum Gasteiger partial charge on any atom is -0.356 e. The topological polar surface area (TPSA) is 41.0 Å². The van der Waals surface area contributed by atoms with Crippen LogP contribution >= 0.6 is 0 Å².